The van der Waals surface area contributed by atoms with E-state index in [4.69, 9.17) is 4.74 Å². The Morgan fingerprint density at radius 1 is 1.05 bits per heavy atom. The number of likely N-dealkylation sites (N-methyl/N-ethyl adjacent to an activating group) is 1. The first-order valence-electron chi connectivity index (χ1n) is 8.41. The van der Waals surface area contributed by atoms with Crippen molar-refractivity contribution in [3.63, 3.8) is 0 Å². The second-order valence-electron chi connectivity index (χ2n) is 6.60. The molecule has 4 heteroatoms. The van der Waals surface area contributed by atoms with Crippen LogP contribution in [0.4, 0.5) is 0 Å². The lowest BCUT2D eigenvalue weighted by molar-refractivity contribution is -0.0406. The van der Waals surface area contributed by atoms with Gasteiger partial charge in [0, 0.05) is 32.7 Å². The van der Waals surface area contributed by atoms with Gasteiger partial charge in [0.15, 0.2) is 0 Å². The molecule has 1 N–H and O–H groups in total. The van der Waals surface area contributed by atoms with E-state index in [9.17, 15) is 5.11 Å². The van der Waals surface area contributed by atoms with Crippen molar-refractivity contribution in [3.05, 3.63) is 0 Å². The Hall–Kier alpha value is -0.160. The molecule has 1 heterocycles. The Morgan fingerprint density at radius 2 is 1.65 bits per heavy atom. The standard InChI is InChI=1S/C16H32N2O2/c1-3-17-8-10-18(11-9-17)12-15(19)13-20-16-6-4-14(2)5-7-16/h14-16,19H,3-13H2,1-2H3. The molecule has 1 unspecified atom stereocenters. The lowest BCUT2D eigenvalue weighted by Gasteiger charge is -2.35. The summed E-state index contributed by atoms with van der Waals surface area (Å²) in [5.41, 5.74) is 0. The van der Waals surface area contributed by atoms with Crippen molar-refractivity contribution in [1.82, 2.24) is 9.80 Å². The van der Waals surface area contributed by atoms with Crippen LogP contribution in [0.25, 0.3) is 0 Å². The maximum absolute atomic E-state index is 10.1. The molecule has 1 saturated heterocycles. The number of piperazine rings is 1. The van der Waals surface area contributed by atoms with Gasteiger partial charge in [0.1, 0.15) is 0 Å². The van der Waals surface area contributed by atoms with Gasteiger partial charge in [-0.15, -0.1) is 0 Å². The Balaban J connectivity index is 1.57. The van der Waals surface area contributed by atoms with Crippen LogP contribution in [-0.2, 0) is 4.74 Å². The van der Waals surface area contributed by atoms with Crippen molar-refractivity contribution in [2.75, 3.05) is 45.9 Å². The number of rotatable bonds is 6. The van der Waals surface area contributed by atoms with E-state index in [0.717, 1.165) is 45.2 Å². The average molecular weight is 284 g/mol. The molecule has 118 valence electrons. The summed E-state index contributed by atoms with van der Waals surface area (Å²) in [6.45, 7) is 11.4. The summed E-state index contributed by atoms with van der Waals surface area (Å²) in [5.74, 6) is 0.856. The molecule has 1 aliphatic carbocycles. The van der Waals surface area contributed by atoms with Gasteiger partial charge in [0.05, 0.1) is 18.8 Å². The molecular weight excluding hydrogens is 252 g/mol. The van der Waals surface area contributed by atoms with Gasteiger partial charge < -0.3 is 14.7 Å². The molecule has 1 aliphatic heterocycles. The molecule has 1 saturated carbocycles. The molecular formula is C16H32N2O2. The van der Waals surface area contributed by atoms with Crippen molar-refractivity contribution in [2.24, 2.45) is 5.92 Å². The quantitative estimate of drug-likeness (QED) is 0.803. The minimum absolute atomic E-state index is 0.331. The highest BCUT2D eigenvalue weighted by atomic mass is 16.5. The predicted octanol–water partition coefficient (Wildman–Crippen LogP) is 1.58. The molecule has 0 spiro atoms. The van der Waals surface area contributed by atoms with Crippen LogP contribution in [0.2, 0.25) is 0 Å². The molecule has 0 aromatic heterocycles. The molecule has 2 aliphatic rings. The maximum atomic E-state index is 10.1. The van der Waals surface area contributed by atoms with Crippen molar-refractivity contribution in [3.8, 4) is 0 Å². The number of aliphatic hydroxyl groups excluding tert-OH is 1. The smallest absolute Gasteiger partial charge is 0.0900 e. The number of ether oxygens (including phenoxy) is 1. The molecule has 20 heavy (non-hydrogen) atoms. The Labute approximate surface area is 124 Å². The highest BCUT2D eigenvalue weighted by Crippen LogP contribution is 2.25. The van der Waals surface area contributed by atoms with Gasteiger partial charge in [-0.05, 0) is 38.1 Å². The van der Waals surface area contributed by atoms with Crippen LogP contribution >= 0.6 is 0 Å². The van der Waals surface area contributed by atoms with E-state index in [1.165, 1.54) is 25.7 Å². The van der Waals surface area contributed by atoms with E-state index in [1.807, 2.05) is 0 Å². The van der Waals surface area contributed by atoms with Crippen LogP contribution in [0.3, 0.4) is 0 Å². The van der Waals surface area contributed by atoms with E-state index < -0.39 is 0 Å². The van der Waals surface area contributed by atoms with Gasteiger partial charge in [-0.3, -0.25) is 4.90 Å². The minimum atomic E-state index is -0.331. The SMILES string of the molecule is CCN1CCN(CC(O)COC2CCC(C)CC2)CC1. The number of nitrogens with zero attached hydrogens (tertiary/aromatic N) is 2. The van der Waals surface area contributed by atoms with Crippen molar-refractivity contribution in [1.29, 1.82) is 0 Å². The number of hydrogen-bond acceptors (Lipinski definition) is 4. The average Bonchev–Trinajstić information content (AvgIpc) is 2.47. The van der Waals surface area contributed by atoms with E-state index in [0.29, 0.717) is 12.7 Å². The van der Waals surface area contributed by atoms with Crippen LogP contribution < -0.4 is 0 Å². The van der Waals surface area contributed by atoms with Gasteiger partial charge >= 0.3 is 0 Å². The second kappa shape index (κ2) is 8.32. The number of hydrogen-bond donors (Lipinski definition) is 1. The van der Waals surface area contributed by atoms with Crippen molar-refractivity contribution >= 4 is 0 Å². The highest BCUT2D eigenvalue weighted by Gasteiger charge is 2.21. The topological polar surface area (TPSA) is 35.9 Å². The van der Waals surface area contributed by atoms with Crippen LogP contribution in [0.15, 0.2) is 0 Å². The van der Waals surface area contributed by atoms with E-state index in [2.05, 4.69) is 23.6 Å². The fraction of sp³-hybridized carbons (Fsp3) is 1.00. The third-order valence-corrected chi connectivity index (χ3v) is 4.87. The Bertz CT molecular complexity index is 259. The Kier molecular flexibility index (Phi) is 6.75. The zero-order chi connectivity index (χ0) is 14.4. The number of β-amino-alcohol motifs (C(OH)–C–C–N with tert-alkyl or cyclic N) is 1. The molecule has 1 atom stereocenters. The van der Waals surface area contributed by atoms with E-state index in [-0.39, 0.29) is 6.10 Å². The summed E-state index contributed by atoms with van der Waals surface area (Å²) in [4.78, 5) is 4.83. The Morgan fingerprint density at radius 3 is 2.25 bits per heavy atom. The molecule has 2 rings (SSSR count). The molecule has 0 radical (unpaired) electrons. The summed E-state index contributed by atoms with van der Waals surface area (Å²) in [6, 6.07) is 0. The third kappa shape index (κ3) is 5.32. The zero-order valence-corrected chi connectivity index (χ0v) is 13.3. The monoisotopic (exact) mass is 284 g/mol. The van der Waals surface area contributed by atoms with Crippen molar-refractivity contribution in [2.45, 2.75) is 51.7 Å². The fourth-order valence-electron chi connectivity index (χ4n) is 3.28. The van der Waals surface area contributed by atoms with Crippen LogP contribution in [0, 0.1) is 5.92 Å². The summed E-state index contributed by atoms with van der Waals surface area (Å²) < 4.78 is 5.89. The van der Waals surface area contributed by atoms with Crippen LogP contribution in [0.5, 0.6) is 0 Å². The molecule has 4 nitrogen and oxygen atoms in total. The lowest BCUT2D eigenvalue weighted by Crippen LogP contribution is -2.49. The first kappa shape index (κ1) is 16.2. The summed E-state index contributed by atoms with van der Waals surface area (Å²) >= 11 is 0. The number of aliphatic hydroxyl groups is 1. The lowest BCUT2D eigenvalue weighted by atomic mass is 9.89. The third-order valence-electron chi connectivity index (χ3n) is 4.87. The van der Waals surface area contributed by atoms with Crippen LogP contribution in [0.1, 0.15) is 39.5 Å². The second-order valence-corrected chi connectivity index (χ2v) is 6.60. The van der Waals surface area contributed by atoms with Crippen molar-refractivity contribution < 1.29 is 9.84 Å². The molecule has 0 bridgehead atoms. The molecule has 2 fully saturated rings. The van der Waals surface area contributed by atoms with Gasteiger partial charge in [-0.25, -0.2) is 0 Å². The molecule has 0 amide bonds. The van der Waals surface area contributed by atoms with Gasteiger partial charge in [-0.1, -0.05) is 13.8 Å². The zero-order valence-electron chi connectivity index (χ0n) is 13.3. The maximum Gasteiger partial charge on any atom is 0.0900 e. The largest absolute Gasteiger partial charge is 0.389 e. The first-order valence-corrected chi connectivity index (χ1v) is 8.41. The predicted molar refractivity (Wildman–Crippen MR) is 81.9 cm³/mol. The van der Waals surface area contributed by atoms with Crippen LogP contribution in [-0.4, -0.2) is 73.0 Å². The van der Waals surface area contributed by atoms with Gasteiger partial charge in [0.25, 0.3) is 0 Å². The van der Waals surface area contributed by atoms with E-state index >= 15 is 0 Å². The summed E-state index contributed by atoms with van der Waals surface area (Å²) in [7, 11) is 0. The summed E-state index contributed by atoms with van der Waals surface area (Å²) in [6.07, 6.45) is 4.95. The fourth-order valence-corrected chi connectivity index (χ4v) is 3.28. The molecule has 0 aromatic carbocycles. The minimum Gasteiger partial charge on any atom is -0.389 e. The van der Waals surface area contributed by atoms with Gasteiger partial charge in [-0.2, -0.15) is 0 Å². The van der Waals surface area contributed by atoms with Gasteiger partial charge in [0.2, 0.25) is 0 Å². The summed E-state index contributed by atoms with van der Waals surface area (Å²) in [5, 5.41) is 10.1. The normalized spacial score (nSPS) is 31.4. The highest BCUT2D eigenvalue weighted by molar-refractivity contribution is 4.74. The van der Waals surface area contributed by atoms with E-state index in [1.54, 1.807) is 0 Å². The molecule has 0 aromatic rings. The first-order chi connectivity index (χ1) is 9.67.